The molecule has 4 nitrogen and oxygen atoms in total. The zero-order valence-corrected chi connectivity index (χ0v) is 17.1. The predicted molar refractivity (Wildman–Crippen MR) is 111 cm³/mol. The number of benzene rings is 2. The number of piperidine rings is 1. The molecule has 0 bridgehead atoms. The number of ether oxygens (including phenoxy) is 1. The van der Waals surface area contributed by atoms with E-state index in [9.17, 15) is 9.90 Å². The summed E-state index contributed by atoms with van der Waals surface area (Å²) < 4.78 is 5.93. The lowest BCUT2D eigenvalue weighted by atomic mass is 10.0. The third-order valence-corrected chi connectivity index (χ3v) is 6.03. The number of ketones is 1. The molecule has 0 amide bonds. The van der Waals surface area contributed by atoms with Gasteiger partial charge in [-0.1, -0.05) is 35.7 Å². The van der Waals surface area contributed by atoms with Gasteiger partial charge in [-0.25, -0.2) is 0 Å². The van der Waals surface area contributed by atoms with Crippen molar-refractivity contribution in [3.05, 3.63) is 62.8 Å². The van der Waals surface area contributed by atoms with Crippen LogP contribution in [0.4, 0.5) is 0 Å². The summed E-state index contributed by atoms with van der Waals surface area (Å²) >= 11 is 12.2. The molecule has 1 atom stereocenters. The molecule has 0 radical (unpaired) electrons. The second-order valence-corrected chi connectivity index (χ2v) is 8.20. The molecule has 1 N–H and O–H groups in total. The van der Waals surface area contributed by atoms with Crippen LogP contribution in [-0.2, 0) is 6.54 Å². The SMILES string of the molecule is C[C@@H]1CCCCN1Cc1c(O)ccc2c1O/C(=C\c1ccc(Cl)cc1Cl)C2=O. The maximum Gasteiger partial charge on any atom is 0.231 e. The number of fused-ring (bicyclic) bond motifs is 1. The average Bonchev–Trinajstić information content (AvgIpc) is 2.97. The number of likely N-dealkylation sites (tertiary alicyclic amines) is 1. The molecular formula is C22H21Cl2NO3. The molecule has 0 saturated carbocycles. The van der Waals surface area contributed by atoms with Crippen molar-refractivity contribution in [1.82, 2.24) is 4.90 Å². The van der Waals surface area contributed by atoms with E-state index >= 15 is 0 Å². The second kappa shape index (κ2) is 7.78. The quantitative estimate of drug-likeness (QED) is 0.651. The number of phenols is 1. The van der Waals surface area contributed by atoms with Crippen molar-refractivity contribution in [2.75, 3.05) is 6.54 Å². The predicted octanol–water partition coefficient (Wildman–Crippen LogP) is 5.69. The number of nitrogens with zero attached hydrogens (tertiary/aromatic N) is 1. The molecule has 6 heteroatoms. The third-order valence-electron chi connectivity index (χ3n) is 5.47. The zero-order chi connectivity index (χ0) is 19.8. The Morgan fingerprint density at radius 1 is 1.25 bits per heavy atom. The molecule has 2 aromatic carbocycles. The van der Waals surface area contributed by atoms with Crippen LogP contribution >= 0.6 is 23.2 Å². The highest BCUT2D eigenvalue weighted by molar-refractivity contribution is 6.35. The molecule has 2 heterocycles. The summed E-state index contributed by atoms with van der Waals surface area (Å²) in [6.07, 6.45) is 5.11. The van der Waals surface area contributed by atoms with E-state index in [0.29, 0.717) is 45.1 Å². The first-order valence-electron chi connectivity index (χ1n) is 9.42. The Morgan fingerprint density at radius 2 is 2.07 bits per heavy atom. The molecule has 2 aliphatic heterocycles. The smallest absolute Gasteiger partial charge is 0.231 e. The topological polar surface area (TPSA) is 49.8 Å². The summed E-state index contributed by atoms with van der Waals surface area (Å²) in [5, 5.41) is 11.4. The van der Waals surface area contributed by atoms with Gasteiger partial charge < -0.3 is 9.84 Å². The van der Waals surface area contributed by atoms with E-state index in [-0.39, 0.29) is 17.3 Å². The van der Waals surface area contributed by atoms with Crippen molar-refractivity contribution in [1.29, 1.82) is 0 Å². The summed E-state index contributed by atoms with van der Waals surface area (Å²) in [4.78, 5) is 15.2. The van der Waals surface area contributed by atoms with Crippen molar-refractivity contribution in [2.24, 2.45) is 0 Å². The van der Waals surface area contributed by atoms with Gasteiger partial charge in [0.05, 0.1) is 11.1 Å². The summed E-state index contributed by atoms with van der Waals surface area (Å²) in [6, 6.07) is 8.69. The fraction of sp³-hybridized carbons (Fsp3) is 0.318. The maximum atomic E-state index is 12.8. The van der Waals surface area contributed by atoms with Crippen molar-refractivity contribution >= 4 is 35.1 Å². The summed E-state index contributed by atoms with van der Waals surface area (Å²) in [6.45, 7) is 3.72. The van der Waals surface area contributed by atoms with Gasteiger partial charge in [0.2, 0.25) is 5.78 Å². The number of hydrogen-bond donors (Lipinski definition) is 1. The molecule has 28 heavy (non-hydrogen) atoms. The number of carbonyl (C=O) groups excluding carboxylic acids is 1. The van der Waals surface area contributed by atoms with Gasteiger partial charge in [-0.05, 0) is 62.2 Å². The van der Waals surface area contributed by atoms with E-state index < -0.39 is 0 Å². The third kappa shape index (κ3) is 3.64. The molecule has 2 aliphatic rings. The summed E-state index contributed by atoms with van der Waals surface area (Å²) in [5.41, 5.74) is 1.77. The van der Waals surface area contributed by atoms with Crippen LogP contribution in [0, 0.1) is 0 Å². The molecule has 0 aliphatic carbocycles. The van der Waals surface area contributed by atoms with E-state index in [0.717, 1.165) is 19.4 Å². The minimum atomic E-state index is -0.214. The number of carbonyl (C=O) groups is 1. The van der Waals surface area contributed by atoms with Crippen molar-refractivity contribution < 1.29 is 14.6 Å². The molecular weight excluding hydrogens is 397 g/mol. The standard InChI is InChI=1S/C22H21Cl2NO3/c1-13-4-2-3-9-25(13)12-17-19(26)8-7-16-21(27)20(28-22(16)17)10-14-5-6-15(23)11-18(14)24/h5-8,10-11,13,26H,2-4,9,12H2,1H3/b20-10-/t13-/m1/s1. The minimum Gasteiger partial charge on any atom is -0.507 e. The van der Waals surface area contributed by atoms with Crippen molar-refractivity contribution in [3.63, 3.8) is 0 Å². The number of phenolic OH excluding ortho intramolecular Hbond substituents is 1. The van der Waals surface area contributed by atoms with Crippen LogP contribution in [0.2, 0.25) is 10.0 Å². The normalized spacial score (nSPS) is 21.0. The molecule has 1 fully saturated rings. The van der Waals surface area contributed by atoms with E-state index in [2.05, 4.69) is 11.8 Å². The number of aromatic hydroxyl groups is 1. The van der Waals surface area contributed by atoms with Crippen LogP contribution < -0.4 is 4.74 Å². The Morgan fingerprint density at radius 3 is 2.82 bits per heavy atom. The van der Waals surface area contributed by atoms with Crippen LogP contribution in [0.3, 0.4) is 0 Å². The zero-order valence-electron chi connectivity index (χ0n) is 15.5. The van der Waals surface area contributed by atoms with Gasteiger partial charge in [-0.15, -0.1) is 0 Å². The van der Waals surface area contributed by atoms with E-state index in [1.165, 1.54) is 6.42 Å². The van der Waals surface area contributed by atoms with Crippen molar-refractivity contribution in [3.8, 4) is 11.5 Å². The summed E-state index contributed by atoms with van der Waals surface area (Å²) in [5.74, 6) is 0.570. The van der Waals surface area contributed by atoms with E-state index in [1.54, 1.807) is 36.4 Å². The molecule has 0 spiro atoms. The Balaban J connectivity index is 1.67. The number of rotatable bonds is 3. The van der Waals surface area contributed by atoms with Gasteiger partial charge in [0, 0.05) is 22.6 Å². The fourth-order valence-electron chi connectivity index (χ4n) is 3.81. The molecule has 0 unspecified atom stereocenters. The van der Waals surface area contributed by atoms with Gasteiger partial charge in [-0.3, -0.25) is 9.69 Å². The lowest BCUT2D eigenvalue weighted by Crippen LogP contribution is -2.36. The van der Waals surface area contributed by atoms with Gasteiger partial charge in [0.25, 0.3) is 0 Å². The fourth-order valence-corrected chi connectivity index (χ4v) is 4.27. The highest BCUT2D eigenvalue weighted by Gasteiger charge is 2.32. The van der Waals surface area contributed by atoms with Crippen LogP contribution in [0.1, 0.15) is 47.7 Å². The summed E-state index contributed by atoms with van der Waals surface area (Å²) in [7, 11) is 0. The van der Waals surface area contributed by atoms with Crippen LogP contribution in [0.25, 0.3) is 6.08 Å². The maximum absolute atomic E-state index is 12.8. The minimum absolute atomic E-state index is 0.148. The monoisotopic (exact) mass is 417 g/mol. The highest BCUT2D eigenvalue weighted by atomic mass is 35.5. The van der Waals surface area contributed by atoms with Crippen LogP contribution in [0.5, 0.6) is 11.5 Å². The molecule has 146 valence electrons. The highest BCUT2D eigenvalue weighted by Crippen LogP contribution is 2.41. The molecule has 0 aromatic heterocycles. The van der Waals surface area contributed by atoms with Crippen molar-refractivity contribution in [2.45, 2.75) is 38.8 Å². The van der Waals surface area contributed by atoms with Gasteiger partial charge >= 0.3 is 0 Å². The lowest BCUT2D eigenvalue weighted by Gasteiger charge is -2.33. The van der Waals surface area contributed by atoms with Gasteiger partial charge in [-0.2, -0.15) is 0 Å². The first-order valence-corrected chi connectivity index (χ1v) is 10.2. The Bertz CT molecular complexity index is 970. The number of allylic oxidation sites excluding steroid dienone is 1. The first kappa shape index (κ1) is 19.3. The number of Topliss-reactive ketones (excluding diaryl/α,β-unsaturated/α-hetero) is 1. The molecule has 1 saturated heterocycles. The Hall–Kier alpha value is -2.01. The van der Waals surface area contributed by atoms with Gasteiger partial charge in [0.1, 0.15) is 11.5 Å². The van der Waals surface area contributed by atoms with E-state index in [1.807, 2.05) is 0 Å². The van der Waals surface area contributed by atoms with Crippen LogP contribution in [0.15, 0.2) is 36.1 Å². The molecule has 4 rings (SSSR count). The van der Waals surface area contributed by atoms with Crippen LogP contribution in [-0.4, -0.2) is 28.4 Å². The lowest BCUT2D eigenvalue weighted by molar-refractivity contribution is 0.101. The molecule has 2 aromatic rings. The van der Waals surface area contributed by atoms with E-state index in [4.69, 9.17) is 27.9 Å². The Kier molecular flexibility index (Phi) is 5.37. The Labute approximate surface area is 174 Å². The second-order valence-electron chi connectivity index (χ2n) is 7.36. The average molecular weight is 418 g/mol. The number of halogens is 2. The van der Waals surface area contributed by atoms with Gasteiger partial charge in [0.15, 0.2) is 5.76 Å². The number of hydrogen-bond acceptors (Lipinski definition) is 4. The first-order chi connectivity index (χ1) is 13.4. The largest absolute Gasteiger partial charge is 0.507 e.